The molecule has 1 unspecified atom stereocenters. The minimum atomic E-state index is 0.806. The zero-order chi connectivity index (χ0) is 10.8. The standard InChI is InChI=1S/C8H11NS.2C2H6/c1-2-8(10-5-1)7-3-4-9-6-7;2*1-2/h1-2,5,7,9H,3-4,6H2;2*1-2H3. The van der Waals surface area contributed by atoms with Crippen LogP contribution in [0.2, 0.25) is 0 Å². The Balaban J connectivity index is 0.000000379. The first-order valence-corrected chi connectivity index (χ1v) is 6.59. The molecule has 82 valence electrons. The topological polar surface area (TPSA) is 12.0 Å². The zero-order valence-corrected chi connectivity index (χ0v) is 10.7. The van der Waals surface area contributed by atoms with Gasteiger partial charge < -0.3 is 5.32 Å². The van der Waals surface area contributed by atoms with Gasteiger partial charge >= 0.3 is 0 Å². The maximum atomic E-state index is 3.37. The first kappa shape index (κ1) is 13.7. The normalized spacial score (nSPS) is 19.0. The van der Waals surface area contributed by atoms with E-state index in [1.807, 2.05) is 39.0 Å². The van der Waals surface area contributed by atoms with E-state index in [4.69, 9.17) is 0 Å². The number of nitrogens with one attached hydrogen (secondary N) is 1. The molecule has 0 saturated carbocycles. The van der Waals surface area contributed by atoms with Crippen molar-refractivity contribution < 1.29 is 0 Å². The summed E-state index contributed by atoms with van der Waals surface area (Å²) in [6.07, 6.45) is 1.32. The van der Waals surface area contributed by atoms with Crippen molar-refractivity contribution in [3.63, 3.8) is 0 Å². The highest BCUT2D eigenvalue weighted by Gasteiger charge is 2.16. The van der Waals surface area contributed by atoms with E-state index in [0.717, 1.165) is 5.92 Å². The first-order valence-electron chi connectivity index (χ1n) is 5.71. The molecule has 0 radical (unpaired) electrons. The second kappa shape index (κ2) is 9.22. The monoisotopic (exact) mass is 213 g/mol. The van der Waals surface area contributed by atoms with Crippen molar-refractivity contribution in [1.82, 2.24) is 5.32 Å². The molecule has 1 N–H and O–H groups in total. The molecule has 1 nitrogen and oxygen atoms in total. The molecular formula is C12H23NS. The van der Waals surface area contributed by atoms with Gasteiger partial charge in [-0.3, -0.25) is 0 Å². The Kier molecular flexibility index (Phi) is 9.00. The number of hydrogen-bond donors (Lipinski definition) is 1. The third-order valence-electron chi connectivity index (χ3n) is 2.01. The molecule has 0 amide bonds. The predicted molar refractivity (Wildman–Crippen MR) is 67.2 cm³/mol. The molecule has 2 rings (SSSR count). The number of thiophene rings is 1. The summed E-state index contributed by atoms with van der Waals surface area (Å²) < 4.78 is 0. The summed E-state index contributed by atoms with van der Waals surface area (Å²) in [4.78, 5) is 1.55. The van der Waals surface area contributed by atoms with Gasteiger partial charge in [-0.05, 0) is 24.4 Å². The van der Waals surface area contributed by atoms with Crippen LogP contribution in [0.3, 0.4) is 0 Å². The van der Waals surface area contributed by atoms with Gasteiger partial charge in [-0.1, -0.05) is 33.8 Å². The molecular weight excluding hydrogens is 190 g/mol. The fourth-order valence-corrected chi connectivity index (χ4v) is 2.29. The van der Waals surface area contributed by atoms with Gasteiger partial charge in [-0.25, -0.2) is 0 Å². The second-order valence-electron chi connectivity index (χ2n) is 2.71. The summed E-state index contributed by atoms with van der Waals surface area (Å²) in [7, 11) is 0. The summed E-state index contributed by atoms with van der Waals surface area (Å²) in [5.41, 5.74) is 0. The Morgan fingerprint density at radius 3 is 2.43 bits per heavy atom. The summed E-state index contributed by atoms with van der Waals surface area (Å²) in [6.45, 7) is 10.4. The van der Waals surface area contributed by atoms with Gasteiger partial charge in [0.1, 0.15) is 0 Å². The lowest BCUT2D eigenvalue weighted by Gasteiger charge is -2.02. The Hall–Kier alpha value is -0.340. The van der Waals surface area contributed by atoms with E-state index in [0.29, 0.717) is 0 Å². The van der Waals surface area contributed by atoms with Crippen LogP contribution < -0.4 is 5.32 Å². The molecule has 0 aromatic carbocycles. The summed E-state index contributed by atoms with van der Waals surface area (Å²) >= 11 is 1.88. The summed E-state index contributed by atoms with van der Waals surface area (Å²) in [5, 5.41) is 5.53. The molecule has 1 fully saturated rings. The van der Waals surface area contributed by atoms with Crippen molar-refractivity contribution in [2.45, 2.75) is 40.0 Å². The van der Waals surface area contributed by atoms with Crippen LogP contribution >= 0.6 is 11.3 Å². The van der Waals surface area contributed by atoms with Gasteiger partial charge in [0.05, 0.1) is 0 Å². The van der Waals surface area contributed by atoms with E-state index in [2.05, 4.69) is 22.8 Å². The minimum Gasteiger partial charge on any atom is -0.316 e. The van der Waals surface area contributed by atoms with Crippen LogP contribution in [-0.4, -0.2) is 13.1 Å². The van der Waals surface area contributed by atoms with Crippen LogP contribution in [0.5, 0.6) is 0 Å². The molecule has 2 heteroatoms. The fourth-order valence-electron chi connectivity index (χ4n) is 1.42. The Bertz CT molecular complexity index is 188. The van der Waals surface area contributed by atoms with Gasteiger partial charge in [0.2, 0.25) is 0 Å². The van der Waals surface area contributed by atoms with Gasteiger partial charge in [0, 0.05) is 17.3 Å². The molecule has 0 aliphatic carbocycles. The Morgan fingerprint density at radius 2 is 2.00 bits per heavy atom. The second-order valence-corrected chi connectivity index (χ2v) is 3.68. The maximum Gasteiger partial charge on any atom is 0.00893 e. The predicted octanol–water partition coefficient (Wildman–Crippen LogP) is 3.88. The Morgan fingerprint density at radius 1 is 1.29 bits per heavy atom. The van der Waals surface area contributed by atoms with Gasteiger partial charge in [0.15, 0.2) is 0 Å². The largest absolute Gasteiger partial charge is 0.316 e. The Labute approximate surface area is 92.5 Å². The third-order valence-corrected chi connectivity index (χ3v) is 3.04. The summed E-state index contributed by atoms with van der Waals surface area (Å²) in [6, 6.07) is 4.38. The maximum absolute atomic E-state index is 3.37. The lowest BCUT2D eigenvalue weighted by Crippen LogP contribution is -2.07. The molecule has 0 bridgehead atoms. The molecule has 1 atom stereocenters. The lowest BCUT2D eigenvalue weighted by molar-refractivity contribution is 0.779. The van der Waals surface area contributed by atoms with Crippen LogP contribution in [0, 0.1) is 0 Å². The number of rotatable bonds is 1. The van der Waals surface area contributed by atoms with Gasteiger partial charge in [-0.15, -0.1) is 11.3 Å². The lowest BCUT2D eigenvalue weighted by atomic mass is 10.1. The van der Waals surface area contributed by atoms with E-state index in [9.17, 15) is 0 Å². The van der Waals surface area contributed by atoms with Crippen LogP contribution in [0.4, 0.5) is 0 Å². The van der Waals surface area contributed by atoms with Crippen LogP contribution in [0.15, 0.2) is 17.5 Å². The zero-order valence-electron chi connectivity index (χ0n) is 9.84. The molecule has 1 aromatic heterocycles. The molecule has 1 saturated heterocycles. The van der Waals surface area contributed by atoms with Crippen molar-refractivity contribution >= 4 is 11.3 Å². The molecule has 2 heterocycles. The smallest absolute Gasteiger partial charge is 0.00893 e. The van der Waals surface area contributed by atoms with E-state index in [1.54, 1.807) is 4.88 Å². The van der Waals surface area contributed by atoms with E-state index < -0.39 is 0 Å². The highest BCUT2D eigenvalue weighted by Crippen LogP contribution is 2.25. The highest BCUT2D eigenvalue weighted by molar-refractivity contribution is 7.10. The van der Waals surface area contributed by atoms with Crippen LogP contribution in [0.1, 0.15) is 44.9 Å². The first-order chi connectivity index (χ1) is 6.97. The van der Waals surface area contributed by atoms with Gasteiger partial charge in [0.25, 0.3) is 0 Å². The molecule has 14 heavy (non-hydrogen) atoms. The van der Waals surface area contributed by atoms with Crippen molar-refractivity contribution in [3.05, 3.63) is 22.4 Å². The molecule has 1 aliphatic rings. The van der Waals surface area contributed by atoms with Gasteiger partial charge in [-0.2, -0.15) is 0 Å². The van der Waals surface area contributed by atoms with Crippen LogP contribution in [0.25, 0.3) is 0 Å². The third kappa shape index (κ3) is 4.25. The molecule has 1 aromatic rings. The molecule has 0 spiro atoms. The summed E-state index contributed by atoms with van der Waals surface area (Å²) in [5.74, 6) is 0.806. The number of hydrogen-bond acceptors (Lipinski definition) is 2. The minimum absolute atomic E-state index is 0.806. The average molecular weight is 213 g/mol. The molecule has 1 aliphatic heterocycles. The van der Waals surface area contributed by atoms with E-state index in [-0.39, 0.29) is 0 Å². The quantitative estimate of drug-likeness (QED) is 0.746. The van der Waals surface area contributed by atoms with Crippen molar-refractivity contribution in [2.75, 3.05) is 13.1 Å². The van der Waals surface area contributed by atoms with Crippen LogP contribution in [-0.2, 0) is 0 Å². The van der Waals surface area contributed by atoms with E-state index >= 15 is 0 Å². The van der Waals surface area contributed by atoms with Crippen molar-refractivity contribution in [2.24, 2.45) is 0 Å². The van der Waals surface area contributed by atoms with Crippen molar-refractivity contribution in [3.8, 4) is 0 Å². The highest BCUT2D eigenvalue weighted by atomic mass is 32.1. The fraction of sp³-hybridized carbons (Fsp3) is 0.667. The van der Waals surface area contributed by atoms with Crippen molar-refractivity contribution in [1.29, 1.82) is 0 Å². The van der Waals surface area contributed by atoms with E-state index in [1.165, 1.54) is 19.5 Å². The average Bonchev–Trinajstić information content (AvgIpc) is 2.96. The SMILES string of the molecule is CC.CC.c1csc(C2CCNC2)c1.